The Morgan fingerprint density at radius 3 is 2.68 bits per heavy atom. The van der Waals surface area contributed by atoms with Crippen molar-refractivity contribution in [3.63, 3.8) is 0 Å². The molecule has 0 saturated heterocycles. The molecule has 0 spiro atoms. The molecule has 0 amide bonds. The van der Waals surface area contributed by atoms with Crippen LogP contribution in [0.15, 0.2) is 18.2 Å². The summed E-state index contributed by atoms with van der Waals surface area (Å²) in [6.07, 6.45) is 2.29. The number of hydrogen-bond acceptors (Lipinski definition) is 4. The van der Waals surface area contributed by atoms with Gasteiger partial charge in [-0.25, -0.2) is 9.78 Å². The Kier molecular flexibility index (Phi) is 5.06. The molecular formula is C17H25N3O2. The SMILES string of the molecule is CCCc1nc2c(N)cccc2n1C(CC)C(=O)OC(C)C. The molecule has 0 saturated carbocycles. The Hall–Kier alpha value is -2.04. The van der Waals surface area contributed by atoms with E-state index >= 15 is 0 Å². The zero-order chi connectivity index (χ0) is 16.3. The average molecular weight is 303 g/mol. The predicted molar refractivity (Wildman–Crippen MR) is 88.7 cm³/mol. The fraction of sp³-hybridized carbons (Fsp3) is 0.529. The maximum absolute atomic E-state index is 12.5. The van der Waals surface area contributed by atoms with Crippen LogP contribution in [0, 0.1) is 0 Å². The van der Waals surface area contributed by atoms with Gasteiger partial charge in [-0.2, -0.15) is 0 Å². The van der Waals surface area contributed by atoms with Gasteiger partial charge in [-0.1, -0.05) is 19.9 Å². The fourth-order valence-electron chi connectivity index (χ4n) is 2.70. The Morgan fingerprint density at radius 1 is 1.36 bits per heavy atom. The first-order valence-corrected chi connectivity index (χ1v) is 7.95. The lowest BCUT2D eigenvalue weighted by Gasteiger charge is -2.20. The highest BCUT2D eigenvalue weighted by Crippen LogP contribution is 2.28. The third-order valence-corrected chi connectivity index (χ3v) is 3.62. The number of aryl methyl sites for hydroxylation is 1. The van der Waals surface area contributed by atoms with Crippen LogP contribution in [0.4, 0.5) is 5.69 Å². The monoisotopic (exact) mass is 303 g/mol. The van der Waals surface area contributed by atoms with Crippen LogP contribution in [-0.4, -0.2) is 21.6 Å². The number of hydrogen-bond donors (Lipinski definition) is 1. The van der Waals surface area contributed by atoms with Crippen molar-refractivity contribution < 1.29 is 9.53 Å². The number of nitrogen functional groups attached to an aromatic ring is 1. The van der Waals surface area contributed by atoms with Crippen LogP contribution in [0.3, 0.4) is 0 Å². The Bertz CT molecular complexity index is 661. The average Bonchev–Trinajstić information content (AvgIpc) is 2.80. The standard InChI is InChI=1S/C17H25N3O2/c1-5-8-15-19-16-12(18)9-7-10-14(16)20(15)13(6-2)17(21)22-11(3)4/h7,9-11,13H,5-6,8,18H2,1-4H3. The number of para-hydroxylation sites is 1. The minimum absolute atomic E-state index is 0.129. The molecular weight excluding hydrogens is 278 g/mol. The van der Waals surface area contributed by atoms with E-state index in [1.165, 1.54) is 0 Å². The molecule has 0 radical (unpaired) electrons. The number of fused-ring (bicyclic) bond motifs is 1. The summed E-state index contributed by atoms with van der Waals surface area (Å²) in [5.74, 6) is 0.680. The van der Waals surface area contributed by atoms with Gasteiger partial charge in [-0.05, 0) is 38.8 Å². The second kappa shape index (κ2) is 6.81. The highest BCUT2D eigenvalue weighted by molar-refractivity contribution is 5.89. The largest absolute Gasteiger partial charge is 0.461 e. The van der Waals surface area contributed by atoms with Crippen LogP contribution in [-0.2, 0) is 16.0 Å². The molecule has 0 aliphatic heterocycles. The molecule has 0 bridgehead atoms. The summed E-state index contributed by atoms with van der Waals surface area (Å²) >= 11 is 0. The normalized spacial score (nSPS) is 12.8. The first-order valence-electron chi connectivity index (χ1n) is 7.95. The molecule has 1 aromatic carbocycles. The molecule has 1 heterocycles. The number of nitrogens with two attached hydrogens (primary N) is 1. The van der Waals surface area contributed by atoms with E-state index in [0.717, 1.165) is 29.7 Å². The first kappa shape index (κ1) is 16.3. The van der Waals surface area contributed by atoms with E-state index in [1.807, 2.05) is 43.5 Å². The highest BCUT2D eigenvalue weighted by Gasteiger charge is 2.26. The number of nitrogens with zero attached hydrogens (tertiary/aromatic N) is 2. The van der Waals surface area contributed by atoms with Crippen LogP contribution in [0.5, 0.6) is 0 Å². The van der Waals surface area contributed by atoms with Gasteiger partial charge in [0.2, 0.25) is 0 Å². The van der Waals surface area contributed by atoms with E-state index in [9.17, 15) is 4.79 Å². The van der Waals surface area contributed by atoms with Crippen molar-refractivity contribution >= 4 is 22.7 Å². The van der Waals surface area contributed by atoms with Crippen molar-refractivity contribution in [2.45, 2.75) is 59.1 Å². The maximum atomic E-state index is 12.5. The quantitative estimate of drug-likeness (QED) is 0.655. The van der Waals surface area contributed by atoms with Crippen molar-refractivity contribution in [2.75, 3.05) is 5.73 Å². The number of aromatic nitrogens is 2. The summed E-state index contributed by atoms with van der Waals surface area (Å²) in [5.41, 5.74) is 8.35. The van der Waals surface area contributed by atoms with E-state index < -0.39 is 0 Å². The summed E-state index contributed by atoms with van der Waals surface area (Å²) in [4.78, 5) is 17.1. The Balaban J connectivity index is 2.57. The fourth-order valence-corrected chi connectivity index (χ4v) is 2.70. The second-order valence-corrected chi connectivity index (χ2v) is 5.77. The van der Waals surface area contributed by atoms with Crippen LogP contribution in [0.1, 0.15) is 52.4 Å². The van der Waals surface area contributed by atoms with Gasteiger partial charge in [0.05, 0.1) is 17.3 Å². The molecule has 0 aliphatic rings. The zero-order valence-corrected chi connectivity index (χ0v) is 13.8. The number of rotatable bonds is 6. The number of carbonyl (C=O) groups is 1. The summed E-state index contributed by atoms with van der Waals surface area (Å²) in [6, 6.07) is 5.33. The molecule has 2 rings (SSSR count). The third kappa shape index (κ3) is 3.08. The molecule has 1 aromatic heterocycles. The summed E-state index contributed by atoms with van der Waals surface area (Å²) < 4.78 is 7.42. The molecule has 2 aromatic rings. The topological polar surface area (TPSA) is 70.1 Å². The summed E-state index contributed by atoms with van der Waals surface area (Å²) in [7, 11) is 0. The predicted octanol–water partition coefficient (Wildman–Crippen LogP) is 3.47. The number of anilines is 1. The molecule has 22 heavy (non-hydrogen) atoms. The van der Waals surface area contributed by atoms with E-state index in [1.54, 1.807) is 0 Å². The first-order chi connectivity index (χ1) is 10.5. The molecule has 120 valence electrons. The number of benzene rings is 1. The molecule has 5 nitrogen and oxygen atoms in total. The Labute approximate surface area is 131 Å². The maximum Gasteiger partial charge on any atom is 0.329 e. The van der Waals surface area contributed by atoms with E-state index in [4.69, 9.17) is 10.5 Å². The van der Waals surface area contributed by atoms with E-state index in [-0.39, 0.29) is 18.1 Å². The van der Waals surface area contributed by atoms with E-state index in [2.05, 4.69) is 11.9 Å². The second-order valence-electron chi connectivity index (χ2n) is 5.77. The Morgan fingerprint density at radius 2 is 2.09 bits per heavy atom. The van der Waals surface area contributed by atoms with E-state index in [0.29, 0.717) is 12.1 Å². The number of imidazole rings is 1. The number of esters is 1. The molecule has 1 atom stereocenters. The molecule has 0 fully saturated rings. The van der Waals surface area contributed by atoms with Gasteiger partial charge >= 0.3 is 5.97 Å². The molecule has 2 N–H and O–H groups in total. The van der Waals surface area contributed by atoms with Crippen molar-refractivity contribution in [3.8, 4) is 0 Å². The lowest BCUT2D eigenvalue weighted by molar-refractivity contribution is -0.151. The molecule has 1 unspecified atom stereocenters. The van der Waals surface area contributed by atoms with Gasteiger partial charge in [0, 0.05) is 6.42 Å². The smallest absolute Gasteiger partial charge is 0.329 e. The number of carbonyl (C=O) groups excluding carboxylic acids is 1. The van der Waals surface area contributed by atoms with Crippen LogP contribution >= 0.6 is 0 Å². The van der Waals surface area contributed by atoms with Crippen molar-refractivity contribution in [1.29, 1.82) is 0 Å². The molecule has 5 heteroatoms. The van der Waals surface area contributed by atoms with Crippen LogP contribution in [0.2, 0.25) is 0 Å². The van der Waals surface area contributed by atoms with Crippen molar-refractivity contribution in [2.24, 2.45) is 0 Å². The summed E-state index contributed by atoms with van der Waals surface area (Å²) in [5, 5.41) is 0. The lowest BCUT2D eigenvalue weighted by Crippen LogP contribution is -2.25. The van der Waals surface area contributed by atoms with Crippen LogP contribution in [0.25, 0.3) is 11.0 Å². The van der Waals surface area contributed by atoms with Gasteiger partial charge in [-0.3, -0.25) is 0 Å². The van der Waals surface area contributed by atoms with Gasteiger partial charge in [-0.15, -0.1) is 0 Å². The minimum Gasteiger partial charge on any atom is -0.461 e. The highest BCUT2D eigenvalue weighted by atomic mass is 16.5. The summed E-state index contributed by atoms with van der Waals surface area (Å²) in [6.45, 7) is 7.81. The van der Waals surface area contributed by atoms with Gasteiger partial charge in [0.1, 0.15) is 17.4 Å². The number of ether oxygens (including phenoxy) is 1. The van der Waals surface area contributed by atoms with Gasteiger partial charge in [0.15, 0.2) is 0 Å². The van der Waals surface area contributed by atoms with Gasteiger partial charge < -0.3 is 15.0 Å². The zero-order valence-electron chi connectivity index (χ0n) is 13.8. The van der Waals surface area contributed by atoms with Crippen molar-refractivity contribution in [1.82, 2.24) is 9.55 Å². The van der Waals surface area contributed by atoms with Crippen molar-refractivity contribution in [3.05, 3.63) is 24.0 Å². The minimum atomic E-state index is -0.365. The molecule has 0 aliphatic carbocycles. The lowest BCUT2D eigenvalue weighted by atomic mass is 10.2. The van der Waals surface area contributed by atoms with Crippen LogP contribution < -0.4 is 5.73 Å². The third-order valence-electron chi connectivity index (χ3n) is 3.62. The van der Waals surface area contributed by atoms with Gasteiger partial charge in [0.25, 0.3) is 0 Å².